The molecule has 4 heteroatoms. The molecule has 0 unspecified atom stereocenters. The predicted octanol–water partition coefficient (Wildman–Crippen LogP) is 0.995. The average Bonchev–Trinajstić information content (AvgIpc) is 2.02. The van der Waals surface area contributed by atoms with E-state index in [-0.39, 0.29) is 13.8 Å². The monoisotopic (exact) mass is 176 g/mol. The second-order valence-corrected chi connectivity index (χ2v) is 2.20. The Bertz CT molecular complexity index is 153. The van der Waals surface area contributed by atoms with Crippen LogP contribution in [0.1, 0.15) is 20.8 Å². The number of ether oxygens (including phenoxy) is 2. The van der Waals surface area contributed by atoms with Gasteiger partial charge >= 0.3 is 11.9 Å². The van der Waals surface area contributed by atoms with Crippen molar-refractivity contribution < 1.29 is 19.1 Å². The van der Waals surface area contributed by atoms with Gasteiger partial charge in [0.15, 0.2) is 0 Å². The number of esters is 2. The highest BCUT2D eigenvalue weighted by Crippen LogP contribution is 2.04. The Kier molecular flexibility index (Phi) is 7.48. The largest absolute Gasteiger partial charge is 0.469 e. The number of carbonyl (C=O) groups excluding carboxylic acids is 2. The molecule has 0 spiro atoms. The van der Waals surface area contributed by atoms with E-state index in [1.165, 1.54) is 14.2 Å². The third-order valence-electron chi connectivity index (χ3n) is 1.30. The maximum atomic E-state index is 10.7. The molecular formula is C8H16O4. The number of rotatable bonds is 3. The fourth-order valence-corrected chi connectivity index (χ4v) is 0.618. The lowest BCUT2D eigenvalue weighted by Crippen LogP contribution is -2.17. The van der Waals surface area contributed by atoms with Gasteiger partial charge in [-0.25, -0.2) is 0 Å². The van der Waals surface area contributed by atoms with Gasteiger partial charge in [0, 0.05) is 0 Å². The molecule has 0 aliphatic heterocycles. The van der Waals surface area contributed by atoms with Gasteiger partial charge in [-0.05, 0) is 0 Å². The summed E-state index contributed by atoms with van der Waals surface area (Å²) in [5.41, 5.74) is 0. The summed E-state index contributed by atoms with van der Waals surface area (Å²) in [6.45, 7) is 1.61. The first-order chi connectivity index (χ1) is 5.11. The third kappa shape index (κ3) is 4.71. The Morgan fingerprint density at radius 2 is 1.75 bits per heavy atom. The molecule has 0 aromatic carbocycles. The van der Waals surface area contributed by atoms with Crippen molar-refractivity contribution in [2.75, 3.05) is 14.2 Å². The normalized spacial score (nSPS) is 10.9. The Balaban J connectivity index is 0. The van der Waals surface area contributed by atoms with E-state index in [9.17, 15) is 9.59 Å². The summed E-state index contributed by atoms with van der Waals surface area (Å²) >= 11 is 0. The van der Waals surface area contributed by atoms with Crippen LogP contribution >= 0.6 is 0 Å². The quantitative estimate of drug-likeness (QED) is 0.602. The van der Waals surface area contributed by atoms with E-state index in [1.807, 2.05) is 0 Å². The van der Waals surface area contributed by atoms with E-state index < -0.39 is 17.9 Å². The average molecular weight is 176 g/mol. The molecule has 0 aromatic heterocycles. The minimum absolute atomic E-state index is 0. The van der Waals surface area contributed by atoms with E-state index in [0.29, 0.717) is 0 Å². The Hall–Kier alpha value is -1.06. The van der Waals surface area contributed by atoms with Gasteiger partial charge in [-0.2, -0.15) is 0 Å². The zero-order chi connectivity index (χ0) is 8.85. The van der Waals surface area contributed by atoms with Gasteiger partial charge in [0.25, 0.3) is 0 Å². The van der Waals surface area contributed by atoms with Crippen LogP contribution in [0.4, 0.5) is 0 Å². The van der Waals surface area contributed by atoms with Crippen LogP contribution in [0.5, 0.6) is 0 Å². The molecule has 0 N–H and O–H groups in total. The number of hydrogen-bond donors (Lipinski definition) is 0. The minimum atomic E-state index is -0.424. The first kappa shape index (κ1) is 13.5. The van der Waals surface area contributed by atoms with Crippen molar-refractivity contribution in [1.82, 2.24) is 0 Å². The van der Waals surface area contributed by atoms with Crippen LogP contribution in [0.2, 0.25) is 0 Å². The molecule has 0 saturated carbocycles. The molecular weight excluding hydrogens is 160 g/mol. The van der Waals surface area contributed by atoms with E-state index >= 15 is 0 Å². The SMILES string of the molecule is C.COC(=O)C[C@@H](C)C(=O)OC. The lowest BCUT2D eigenvalue weighted by atomic mass is 10.1. The first-order valence-electron chi connectivity index (χ1n) is 3.26. The van der Waals surface area contributed by atoms with Crippen molar-refractivity contribution >= 4 is 11.9 Å². The van der Waals surface area contributed by atoms with E-state index in [4.69, 9.17) is 0 Å². The van der Waals surface area contributed by atoms with Crippen molar-refractivity contribution in [3.05, 3.63) is 0 Å². The molecule has 0 fully saturated rings. The fraction of sp³-hybridized carbons (Fsp3) is 0.750. The van der Waals surface area contributed by atoms with E-state index in [0.717, 1.165) is 0 Å². The topological polar surface area (TPSA) is 52.6 Å². The van der Waals surface area contributed by atoms with Gasteiger partial charge in [0.2, 0.25) is 0 Å². The van der Waals surface area contributed by atoms with E-state index in [2.05, 4.69) is 9.47 Å². The molecule has 0 heterocycles. The highest BCUT2D eigenvalue weighted by atomic mass is 16.5. The van der Waals surface area contributed by atoms with Crippen LogP contribution in [-0.4, -0.2) is 26.2 Å². The minimum Gasteiger partial charge on any atom is -0.469 e. The van der Waals surface area contributed by atoms with Gasteiger partial charge in [0.05, 0.1) is 26.6 Å². The second kappa shape index (κ2) is 6.64. The van der Waals surface area contributed by atoms with Crippen LogP contribution in [-0.2, 0) is 19.1 Å². The van der Waals surface area contributed by atoms with Crippen LogP contribution < -0.4 is 0 Å². The summed E-state index contributed by atoms with van der Waals surface area (Å²) in [4.78, 5) is 21.3. The summed E-state index contributed by atoms with van der Waals surface area (Å²) in [5.74, 6) is -1.22. The maximum Gasteiger partial charge on any atom is 0.308 e. The fourth-order valence-electron chi connectivity index (χ4n) is 0.618. The second-order valence-electron chi connectivity index (χ2n) is 2.20. The Labute approximate surface area is 72.8 Å². The molecule has 0 bridgehead atoms. The lowest BCUT2D eigenvalue weighted by molar-refractivity contribution is -0.151. The molecule has 0 aliphatic carbocycles. The standard InChI is InChI=1S/C7H12O4.CH4/c1-5(7(9)11-3)4-6(8)10-2;/h5H,4H2,1-3H3;1H4/t5-;/m1./s1. The van der Waals surface area contributed by atoms with Gasteiger partial charge in [-0.15, -0.1) is 0 Å². The Morgan fingerprint density at radius 3 is 2.08 bits per heavy atom. The molecule has 0 aliphatic rings. The summed E-state index contributed by atoms with van der Waals surface area (Å²) in [5, 5.41) is 0. The zero-order valence-electron chi connectivity index (χ0n) is 6.92. The number of hydrogen-bond acceptors (Lipinski definition) is 4. The van der Waals surface area contributed by atoms with Crippen molar-refractivity contribution in [3.8, 4) is 0 Å². The summed E-state index contributed by atoms with van der Waals surface area (Å²) < 4.78 is 8.78. The summed E-state index contributed by atoms with van der Waals surface area (Å²) in [7, 11) is 2.57. The van der Waals surface area contributed by atoms with Crippen molar-refractivity contribution in [2.45, 2.75) is 20.8 Å². The number of methoxy groups -OCH3 is 2. The molecule has 0 amide bonds. The molecule has 4 nitrogen and oxygen atoms in total. The van der Waals surface area contributed by atoms with Crippen LogP contribution in [0.25, 0.3) is 0 Å². The van der Waals surface area contributed by atoms with Crippen molar-refractivity contribution in [2.24, 2.45) is 5.92 Å². The van der Waals surface area contributed by atoms with Crippen molar-refractivity contribution in [1.29, 1.82) is 0 Å². The molecule has 12 heavy (non-hydrogen) atoms. The first-order valence-corrected chi connectivity index (χ1v) is 3.26. The molecule has 0 aromatic rings. The molecule has 0 radical (unpaired) electrons. The van der Waals surface area contributed by atoms with Crippen LogP contribution in [0.15, 0.2) is 0 Å². The molecule has 72 valence electrons. The van der Waals surface area contributed by atoms with Gasteiger partial charge < -0.3 is 9.47 Å². The van der Waals surface area contributed by atoms with E-state index in [1.54, 1.807) is 6.92 Å². The third-order valence-corrected chi connectivity index (χ3v) is 1.30. The Morgan fingerprint density at radius 1 is 1.25 bits per heavy atom. The predicted molar refractivity (Wildman–Crippen MR) is 44.5 cm³/mol. The molecule has 0 saturated heterocycles. The summed E-state index contributed by atoms with van der Waals surface area (Å²) in [6, 6.07) is 0. The van der Waals surface area contributed by atoms with Crippen LogP contribution in [0, 0.1) is 5.92 Å². The van der Waals surface area contributed by atoms with Gasteiger partial charge in [0.1, 0.15) is 0 Å². The lowest BCUT2D eigenvalue weighted by Gasteiger charge is -2.05. The van der Waals surface area contributed by atoms with Crippen LogP contribution in [0.3, 0.4) is 0 Å². The van der Waals surface area contributed by atoms with Crippen molar-refractivity contribution in [3.63, 3.8) is 0 Å². The smallest absolute Gasteiger partial charge is 0.308 e. The molecule has 0 rings (SSSR count). The number of carbonyl (C=O) groups is 2. The highest BCUT2D eigenvalue weighted by molar-refractivity contribution is 5.79. The highest BCUT2D eigenvalue weighted by Gasteiger charge is 2.17. The zero-order valence-corrected chi connectivity index (χ0v) is 6.92. The summed E-state index contributed by atoms with van der Waals surface area (Å²) in [6.07, 6.45) is 0.0726. The maximum absolute atomic E-state index is 10.7. The molecule has 1 atom stereocenters. The van der Waals surface area contributed by atoms with Gasteiger partial charge in [-0.1, -0.05) is 14.4 Å². The van der Waals surface area contributed by atoms with Gasteiger partial charge in [-0.3, -0.25) is 9.59 Å².